The molecule has 1 aliphatic rings. The highest BCUT2D eigenvalue weighted by atomic mass is 16.5. The zero-order chi connectivity index (χ0) is 12.0. The number of hydrogen-bond acceptors (Lipinski definition) is 3. The van der Waals surface area contributed by atoms with Crippen LogP contribution in [0.1, 0.15) is 33.1 Å². The summed E-state index contributed by atoms with van der Waals surface area (Å²) >= 11 is 0. The SMILES string of the molecule is C=CCOC(=O)[C@@H]1CCCN1/C=C(\C)CC. The van der Waals surface area contributed by atoms with E-state index in [4.69, 9.17) is 4.74 Å². The van der Waals surface area contributed by atoms with Crippen LogP contribution in [0.5, 0.6) is 0 Å². The predicted molar refractivity (Wildman–Crippen MR) is 64.9 cm³/mol. The first-order chi connectivity index (χ1) is 7.69. The van der Waals surface area contributed by atoms with Gasteiger partial charge in [0.1, 0.15) is 12.6 Å². The van der Waals surface area contributed by atoms with Crippen molar-refractivity contribution in [3.63, 3.8) is 0 Å². The molecule has 0 aromatic carbocycles. The highest BCUT2D eigenvalue weighted by Gasteiger charge is 2.29. The van der Waals surface area contributed by atoms with Crippen LogP contribution >= 0.6 is 0 Å². The van der Waals surface area contributed by atoms with E-state index in [1.807, 2.05) is 0 Å². The van der Waals surface area contributed by atoms with Crippen molar-refractivity contribution in [1.29, 1.82) is 0 Å². The molecule has 0 bridgehead atoms. The lowest BCUT2D eigenvalue weighted by atomic mass is 10.2. The van der Waals surface area contributed by atoms with Gasteiger partial charge in [-0.15, -0.1) is 0 Å². The summed E-state index contributed by atoms with van der Waals surface area (Å²) in [6.45, 7) is 9.00. The van der Waals surface area contributed by atoms with E-state index >= 15 is 0 Å². The van der Waals surface area contributed by atoms with Crippen molar-refractivity contribution in [3.05, 3.63) is 24.4 Å². The van der Waals surface area contributed by atoms with Crippen molar-refractivity contribution in [3.8, 4) is 0 Å². The lowest BCUT2D eigenvalue weighted by molar-refractivity contribution is -0.146. The summed E-state index contributed by atoms with van der Waals surface area (Å²) in [5.41, 5.74) is 1.29. The van der Waals surface area contributed by atoms with Gasteiger partial charge in [0.2, 0.25) is 0 Å². The van der Waals surface area contributed by atoms with Gasteiger partial charge in [0, 0.05) is 6.54 Å². The summed E-state index contributed by atoms with van der Waals surface area (Å²) in [4.78, 5) is 13.8. The first-order valence-electron chi connectivity index (χ1n) is 5.89. The molecule has 16 heavy (non-hydrogen) atoms. The number of carbonyl (C=O) groups is 1. The Morgan fingerprint density at radius 3 is 3.00 bits per heavy atom. The van der Waals surface area contributed by atoms with Gasteiger partial charge < -0.3 is 9.64 Å². The van der Waals surface area contributed by atoms with Crippen LogP contribution in [0.25, 0.3) is 0 Å². The molecular weight excluding hydrogens is 202 g/mol. The summed E-state index contributed by atoms with van der Waals surface area (Å²) in [5, 5.41) is 0. The van der Waals surface area contributed by atoms with Crippen molar-refractivity contribution >= 4 is 5.97 Å². The van der Waals surface area contributed by atoms with Crippen LogP contribution in [-0.4, -0.2) is 30.1 Å². The van der Waals surface area contributed by atoms with Crippen molar-refractivity contribution in [2.45, 2.75) is 39.2 Å². The standard InChI is InChI=1S/C13H21NO2/c1-4-9-16-13(15)12-7-6-8-14(12)10-11(3)5-2/h4,10,12H,1,5-9H2,2-3H3/b11-10+/t12-/m0/s1. The summed E-state index contributed by atoms with van der Waals surface area (Å²) < 4.78 is 5.09. The second-order valence-corrected chi connectivity index (χ2v) is 4.14. The molecular formula is C13H21NO2. The Morgan fingerprint density at radius 2 is 2.38 bits per heavy atom. The monoisotopic (exact) mass is 223 g/mol. The Balaban J connectivity index is 2.58. The minimum atomic E-state index is -0.127. The first kappa shape index (κ1) is 12.8. The number of likely N-dealkylation sites (tertiary alicyclic amines) is 1. The Labute approximate surface area is 97.8 Å². The molecule has 1 aliphatic heterocycles. The number of ether oxygens (including phenoxy) is 1. The van der Waals surface area contributed by atoms with Crippen LogP contribution in [0.3, 0.4) is 0 Å². The van der Waals surface area contributed by atoms with Crippen molar-refractivity contribution in [2.24, 2.45) is 0 Å². The van der Waals surface area contributed by atoms with Gasteiger partial charge >= 0.3 is 5.97 Å². The van der Waals surface area contributed by atoms with Gasteiger partial charge in [0.05, 0.1) is 0 Å². The molecule has 0 amide bonds. The molecule has 3 nitrogen and oxygen atoms in total. The third-order valence-corrected chi connectivity index (χ3v) is 2.85. The van der Waals surface area contributed by atoms with E-state index in [-0.39, 0.29) is 12.0 Å². The van der Waals surface area contributed by atoms with Gasteiger partial charge in [-0.25, -0.2) is 4.79 Å². The maximum atomic E-state index is 11.7. The number of allylic oxidation sites excluding steroid dienone is 1. The molecule has 0 saturated carbocycles. The van der Waals surface area contributed by atoms with Crippen molar-refractivity contribution in [1.82, 2.24) is 4.90 Å². The molecule has 0 unspecified atom stereocenters. The average molecular weight is 223 g/mol. The minimum Gasteiger partial charge on any atom is -0.460 e. The molecule has 1 heterocycles. The van der Waals surface area contributed by atoms with Crippen molar-refractivity contribution < 1.29 is 9.53 Å². The lowest BCUT2D eigenvalue weighted by Gasteiger charge is -2.21. The molecule has 90 valence electrons. The van der Waals surface area contributed by atoms with E-state index < -0.39 is 0 Å². The van der Waals surface area contributed by atoms with Crippen LogP contribution in [0, 0.1) is 0 Å². The van der Waals surface area contributed by atoms with Crippen LogP contribution in [0.2, 0.25) is 0 Å². The molecule has 1 rings (SSSR count). The average Bonchev–Trinajstić information content (AvgIpc) is 2.73. The summed E-state index contributed by atoms with van der Waals surface area (Å²) in [7, 11) is 0. The summed E-state index contributed by atoms with van der Waals surface area (Å²) in [6.07, 6.45) is 6.66. The fourth-order valence-corrected chi connectivity index (χ4v) is 1.81. The number of hydrogen-bond donors (Lipinski definition) is 0. The van der Waals surface area contributed by atoms with E-state index in [2.05, 4.69) is 31.5 Å². The van der Waals surface area contributed by atoms with E-state index in [0.717, 1.165) is 25.8 Å². The normalized spacial score (nSPS) is 21.0. The number of rotatable bonds is 5. The number of esters is 1. The zero-order valence-corrected chi connectivity index (χ0v) is 10.2. The summed E-state index contributed by atoms with van der Waals surface area (Å²) in [6, 6.07) is -0.0959. The molecule has 1 saturated heterocycles. The van der Waals surface area contributed by atoms with Gasteiger partial charge in [0.15, 0.2) is 0 Å². The topological polar surface area (TPSA) is 29.5 Å². The van der Waals surface area contributed by atoms with E-state index in [1.54, 1.807) is 6.08 Å². The number of carbonyl (C=O) groups excluding carboxylic acids is 1. The van der Waals surface area contributed by atoms with E-state index in [0.29, 0.717) is 6.61 Å². The zero-order valence-electron chi connectivity index (χ0n) is 10.2. The maximum absolute atomic E-state index is 11.7. The molecule has 0 aliphatic carbocycles. The van der Waals surface area contributed by atoms with Gasteiger partial charge in [-0.05, 0) is 32.4 Å². The molecule has 0 radical (unpaired) electrons. The largest absolute Gasteiger partial charge is 0.460 e. The Morgan fingerprint density at radius 1 is 1.62 bits per heavy atom. The van der Waals surface area contributed by atoms with Crippen LogP contribution in [0.4, 0.5) is 0 Å². The molecule has 0 aromatic rings. The Kier molecular flexibility index (Phi) is 5.09. The highest BCUT2D eigenvalue weighted by molar-refractivity contribution is 5.76. The van der Waals surface area contributed by atoms with E-state index in [1.165, 1.54) is 5.57 Å². The summed E-state index contributed by atoms with van der Waals surface area (Å²) in [5.74, 6) is -0.127. The quantitative estimate of drug-likeness (QED) is 0.530. The van der Waals surface area contributed by atoms with Crippen molar-refractivity contribution in [2.75, 3.05) is 13.2 Å². The second kappa shape index (κ2) is 6.36. The second-order valence-electron chi connectivity index (χ2n) is 4.14. The predicted octanol–water partition coefficient (Wildman–Crippen LogP) is 2.49. The van der Waals surface area contributed by atoms with Gasteiger partial charge in [-0.3, -0.25) is 0 Å². The van der Waals surface area contributed by atoms with Crippen LogP contribution in [-0.2, 0) is 9.53 Å². The molecule has 0 aromatic heterocycles. The van der Waals surface area contributed by atoms with E-state index in [9.17, 15) is 4.79 Å². The lowest BCUT2D eigenvalue weighted by Crippen LogP contribution is -2.34. The fourth-order valence-electron chi connectivity index (χ4n) is 1.81. The molecule has 3 heteroatoms. The molecule has 0 N–H and O–H groups in total. The Hall–Kier alpha value is -1.25. The maximum Gasteiger partial charge on any atom is 0.329 e. The fraction of sp³-hybridized carbons (Fsp3) is 0.615. The first-order valence-corrected chi connectivity index (χ1v) is 5.89. The molecule has 0 spiro atoms. The van der Waals surface area contributed by atoms with Gasteiger partial charge in [-0.1, -0.05) is 25.2 Å². The third-order valence-electron chi connectivity index (χ3n) is 2.85. The van der Waals surface area contributed by atoms with Crippen LogP contribution < -0.4 is 0 Å². The van der Waals surface area contributed by atoms with Crippen LogP contribution in [0.15, 0.2) is 24.4 Å². The molecule has 1 atom stereocenters. The van der Waals surface area contributed by atoms with Gasteiger partial charge in [0.25, 0.3) is 0 Å². The number of nitrogens with zero attached hydrogens (tertiary/aromatic N) is 1. The third kappa shape index (κ3) is 3.40. The minimum absolute atomic E-state index is 0.0959. The smallest absolute Gasteiger partial charge is 0.329 e. The highest BCUT2D eigenvalue weighted by Crippen LogP contribution is 2.20. The van der Waals surface area contributed by atoms with Gasteiger partial charge in [-0.2, -0.15) is 0 Å². The molecule has 1 fully saturated rings. The Bertz CT molecular complexity index is 284.